The van der Waals surface area contributed by atoms with Crippen molar-refractivity contribution in [1.82, 2.24) is 4.90 Å². The largest absolute Gasteiger partial charge is 0.478 e. The summed E-state index contributed by atoms with van der Waals surface area (Å²) >= 11 is 0. The zero-order valence-corrected chi connectivity index (χ0v) is 12.4. The van der Waals surface area contributed by atoms with Crippen LogP contribution >= 0.6 is 0 Å². The highest BCUT2D eigenvalue weighted by atomic mass is 16.4. The average Bonchev–Trinajstić information content (AvgIpc) is 2.46. The van der Waals surface area contributed by atoms with Crippen molar-refractivity contribution < 1.29 is 9.90 Å². The van der Waals surface area contributed by atoms with Crippen molar-refractivity contribution in [3.05, 3.63) is 29.3 Å². The van der Waals surface area contributed by atoms with Gasteiger partial charge in [0.25, 0.3) is 0 Å². The summed E-state index contributed by atoms with van der Waals surface area (Å²) in [4.78, 5) is 13.4. The maximum absolute atomic E-state index is 10.9. The van der Waals surface area contributed by atoms with E-state index in [4.69, 9.17) is 5.11 Å². The SMILES string of the molecule is CCN1CCC(CNc2ccc(C(=O)O)cc2C)CC1. The number of carbonyl (C=O) groups is 1. The number of anilines is 1. The van der Waals surface area contributed by atoms with Crippen LogP contribution in [0.3, 0.4) is 0 Å². The molecule has 1 fully saturated rings. The maximum atomic E-state index is 10.9. The Morgan fingerprint density at radius 1 is 1.40 bits per heavy atom. The second-order valence-electron chi connectivity index (χ2n) is 5.59. The van der Waals surface area contributed by atoms with Gasteiger partial charge in [-0.1, -0.05) is 6.92 Å². The van der Waals surface area contributed by atoms with E-state index >= 15 is 0 Å². The molecule has 0 atom stereocenters. The standard InChI is InChI=1S/C16H24N2O2/c1-3-18-8-6-13(7-9-18)11-17-15-5-4-14(16(19)20)10-12(15)2/h4-5,10,13,17H,3,6-9,11H2,1-2H3,(H,19,20). The third-order valence-corrected chi connectivity index (χ3v) is 4.21. The summed E-state index contributed by atoms with van der Waals surface area (Å²) in [6.07, 6.45) is 2.49. The molecule has 1 saturated heterocycles. The second kappa shape index (κ2) is 6.75. The minimum atomic E-state index is -0.869. The quantitative estimate of drug-likeness (QED) is 0.868. The Bertz CT molecular complexity index is 466. The molecule has 110 valence electrons. The summed E-state index contributed by atoms with van der Waals surface area (Å²) in [6.45, 7) is 8.68. The lowest BCUT2D eigenvalue weighted by Crippen LogP contribution is -2.35. The van der Waals surface area contributed by atoms with Gasteiger partial charge in [-0.05, 0) is 69.1 Å². The molecule has 1 aliphatic rings. The van der Waals surface area contributed by atoms with E-state index in [2.05, 4.69) is 17.1 Å². The number of piperidine rings is 1. The third kappa shape index (κ3) is 3.73. The first-order chi connectivity index (χ1) is 9.60. The van der Waals surface area contributed by atoms with Gasteiger partial charge in [0.15, 0.2) is 0 Å². The normalized spacial score (nSPS) is 17.1. The van der Waals surface area contributed by atoms with Gasteiger partial charge in [0.05, 0.1) is 5.56 Å². The Labute approximate surface area is 120 Å². The molecule has 0 unspecified atom stereocenters. The first kappa shape index (κ1) is 14.9. The number of aryl methyl sites for hydroxylation is 1. The molecule has 0 amide bonds. The Kier molecular flexibility index (Phi) is 5.01. The van der Waals surface area contributed by atoms with Gasteiger partial charge in [0.1, 0.15) is 0 Å². The Hall–Kier alpha value is -1.55. The number of rotatable bonds is 5. The second-order valence-corrected chi connectivity index (χ2v) is 5.59. The summed E-state index contributed by atoms with van der Waals surface area (Å²) in [7, 11) is 0. The molecule has 0 aliphatic carbocycles. The Morgan fingerprint density at radius 3 is 2.65 bits per heavy atom. The van der Waals surface area contributed by atoms with E-state index in [9.17, 15) is 4.79 Å². The van der Waals surface area contributed by atoms with Gasteiger partial charge in [-0.3, -0.25) is 0 Å². The van der Waals surface area contributed by atoms with Crippen molar-refractivity contribution in [2.75, 3.05) is 31.5 Å². The minimum absolute atomic E-state index is 0.351. The third-order valence-electron chi connectivity index (χ3n) is 4.21. The molecule has 0 aromatic heterocycles. The molecule has 1 aromatic carbocycles. The number of hydrogen-bond donors (Lipinski definition) is 2. The summed E-state index contributed by atoms with van der Waals surface area (Å²) in [6, 6.07) is 5.27. The van der Waals surface area contributed by atoms with Crippen molar-refractivity contribution >= 4 is 11.7 Å². The highest BCUT2D eigenvalue weighted by Gasteiger charge is 2.17. The fourth-order valence-electron chi connectivity index (χ4n) is 2.76. The Balaban J connectivity index is 1.87. The van der Waals surface area contributed by atoms with Crippen LogP contribution in [0.2, 0.25) is 0 Å². The van der Waals surface area contributed by atoms with Gasteiger partial charge in [-0.25, -0.2) is 4.79 Å². The van der Waals surface area contributed by atoms with Crippen LogP contribution in [0.25, 0.3) is 0 Å². The van der Waals surface area contributed by atoms with E-state index in [1.165, 1.54) is 25.9 Å². The van der Waals surface area contributed by atoms with Crippen LogP contribution in [0, 0.1) is 12.8 Å². The van der Waals surface area contributed by atoms with E-state index in [-0.39, 0.29) is 0 Å². The molecule has 2 rings (SSSR count). The molecule has 1 aliphatic heterocycles. The fourth-order valence-corrected chi connectivity index (χ4v) is 2.76. The molecule has 20 heavy (non-hydrogen) atoms. The summed E-state index contributed by atoms with van der Waals surface area (Å²) in [5, 5.41) is 12.4. The maximum Gasteiger partial charge on any atom is 0.335 e. The van der Waals surface area contributed by atoms with Crippen molar-refractivity contribution in [3.63, 3.8) is 0 Å². The molecule has 4 heteroatoms. The summed E-state index contributed by atoms with van der Waals surface area (Å²) in [5.74, 6) is -0.150. The lowest BCUT2D eigenvalue weighted by Gasteiger charge is -2.31. The predicted molar refractivity (Wildman–Crippen MR) is 81.5 cm³/mol. The minimum Gasteiger partial charge on any atom is -0.478 e. The van der Waals surface area contributed by atoms with Crippen molar-refractivity contribution in [1.29, 1.82) is 0 Å². The number of nitrogens with zero attached hydrogens (tertiary/aromatic N) is 1. The van der Waals surface area contributed by atoms with Crippen molar-refractivity contribution in [3.8, 4) is 0 Å². The van der Waals surface area contributed by atoms with E-state index in [0.29, 0.717) is 5.56 Å². The van der Waals surface area contributed by atoms with Crippen LogP contribution in [0.1, 0.15) is 35.7 Å². The fraction of sp³-hybridized carbons (Fsp3) is 0.562. The van der Waals surface area contributed by atoms with E-state index in [1.807, 2.05) is 13.0 Å². The number of carboxylic acids is 1. The highest BCUT2D eigenvalue weighted by Crippen LogP contribution is 2.20. The van der Waals surface area contributed by atoms with Crippen LogP contribution < -0.4 is 5.32 Å². The van der Waals surface area contributed by atoms with E-state index in [1.54, 1.807) is 12.1 Å². The van der Waals surface area contributed by atoms with E-state index < -0.39 is 5.97 Å². The molecule has 0 bridgehead atoms. The van der Waals surface area contributed by atoms with Crippen LogP contribution in [0.15, 0.2) is 18.2 Å². The van der Waals surface area contributed by atoms with Crippen LogP contribution in [-0.2, 0) is 0 Å². The smallest absolute Gasteiger partial charge is 0.335 e. The number of aromatic carboxylic acids is 1. The van der Waals surface area contributed by atoms with Crippen LogP contribution in [0.4, 0.5) is 5.69 Å². The molecular weight excluding hydrogens is 252 g/mol. The summed E-state index contributed by atoms with van der Waals surface area (Å²) in [5.41, 5.74) is 2.40. The van der Waals surface area contributed by atoms with Crippen molar-refractivity contribution in [2.45, 2.75) is 26.7 Å². The highest BCUT2D eigenvalue weighted by molar-refractivity contribution is 5.88. The monoisotopic (exact) mass is 276 g/mol. The molecule has 1 aromatic rings. The predicted octanol–water partition coefficient (Wildman–Crippen LogP) is 2.84. The van der Waals surface area contributed by atoms with Crippen molar-refractivity contribution in [2.24, 2.45) is 5.92 Å². The molecular formula is C16H24N2O2. The molecule has 0 saturated carbocycles. The number of likely N-dealkylation sites (tertiary alicyclic amines) is 1. The lowest BCUT2D eigenvalue weighted by atomic mass is 9.96. The Morgan fingerprint density at radius 2 is 2.10 bits per heavy atom. The van der Waals surface area contributed by atoms with Crippen LogP contribution in [0.5, 0.6) is 0 Å². The number of benzene rings is 1. The summed E-state index contributed by atoms with van der Waals surface area (Å²) < 4.78 is 0. The zero-order valence-electron chi connectivity index (χ0n) is 12.4. The molecule has 1 heterocycles. The van der Waals surface area contributed by atoms with E-state index in [0.717, 1.165) is 30.3 Å². The number of nitrogens with one attached hydrogen (secondary N) is 1. The molecule has 2 N–H and O–H groups in total. The van der Waals surface area contributed by atoms with Gasteiger partial charge >= 0.3 is 5.97 Å². The van der Waals surface area contributed by atoms with Gasteiger partial charge in [-0.15, -0.1) is 0 Å². The molecule has 0 spiro atoms. The first-order valence-corrected chi connectivity index (χ1v) is 7.40. The van der Waals surface area contributed by atoms with Gasteiger partial charge in [0.2, 0.25) is 0 Å². The van der Waals surface area contributed by atoms with Crippen LogP contribution in [-0.4, -0.2) is 42.2 Å². The van der Waals surface area contributed by atoms with Gasteiger partial charge < -0.3 is 15.3 Å². The molecule has 4 nitrogen and oxygen atoms in total. The van der Waals surface area contributed by atoms with Gasteiger partial charge in [-0.2, -0.15) is 0 Å². The number of hydrogen-bond acceptors (Lipinski definition) is 3. The number of carboxylic acid groups (broad SMARTS) is 1. The average molecular weight is 276 g/mol. The molecule has 0 radical (unpaired) electrons. The van der Waals surface area contributed by atoms with Gasteiger partial charge in [0, 0.05) is 12.2 Å². The zero-order chi connectivity index (χ0) is 14.5. The topological polar surface area (TPSA) is 52.6 Å². The first-order valence-electron chi connectivity index (χ1n) is 7.40. The lowest BCUT2D eigenvalue weighted by molar-refractivity contribution is 0.0697.